The monoisotopic (exact) mass is 352 g/mol. The lowest BCUT2D eigenvalue weighted by atomic mass is 10.2. The van der Waals surface area contributed by atoms with E-state index in [2.05, 4.69) is 26.6 Å². The van der Waals surface area contributed by atoms with Crippen LogP contribution in [0, 0.1) is 0 Å². The third-order valence-corrected chi connectivity index (χ3v) is 3.51. The van der Waals surface area contributed by atoms with Crippen LogP contribution in [-0.2, 0) is 4.79 Å². The summed E-state index contributed by atoms with van der Waals surface area (Å²) >= 11 is 15.4. The van der Waals surface area contributed by atoms with Crippen molar-refractivity contribution in [3.05, 3.63) is 26.7 Å². The van der Waals surface area contributed by atoms with Crippen molar-refractivity contribution in [2.75, 3.05) is 11.9 Å². The molecule has 0 radical (unpaired) electrons. The van der Waals surface area contributed by atoms with E-state index in [1.165, 1.54) is 0 Å². The second-order valence-corrected chi connectivity index (χ2v) is 5.70. The zero-order valence-corrected chi connectivity index (χ0v) is 13.3. The first-order valence-electron chi connectivity index (χ1n) is 5.61. The molecule has 0 aliphatic carbocycles. The minimum atomic E-state index is -0.0839. The third-order valence-electron chi connectivity index (χ3n) is 2.45. The van der Waals surface area contributed by atoms with E-state index in [4.69, 9.17) is 23.2 Å². The fourth-order valence-electron chi connectivity index (χ4n) is 1.31. The van der Waals surface area contributed by atoms with Crippen molar-refractivity contribution >= 4 is 50.7 Å². The van der Waals surface area contributed by atoms with Gasteiger partial charge in [-0.1, -0.05) is 46.1 Å². The van der Waals surface area contributed by atoms with E-state index >= 15 is 0 Å². The number of halogens is 3. The fourth-order valence-corrected chi connectivity index (χ4v) is 2.65. The first kappa shape index (κ1) is 15.6. The van der Waals surface area contributed by atoms with E-state index in [1.807, 2.05) is 13.8 Å². The van der Waals surface area contributed by atoms with Crippen molar-refractivity contribution in [3.8, 4) is 0 Å². The van der Waals surface area contributed by atoms with Crippen molar-refractivity contribution in [1.82, 2.24) is 5.32 Å². The van der Waals surface area contributed by atoms with Crippen molar-refractivity contribution < 1.29 is 4.79 Å². The molecule has 0 aliphatic rings. The average molecular weight is 354 g/mol. The molecule has 2 N–H and O–H groups in total. The molecule has 18 heavy (non-hydrogen) atoms. The number of benzene rings is 1. The molecule has 0 spiro atoms. The molecule has 0 heterocycles. The van der Waals surface area contributed by atoms with Crippen LogP contribution in [0.4, 0.5) is 5.69 Å². The Morgan fingerprint density at radius 3 is 2.44 bits per heavy atom. The second kappa shape index (κ2) is 7.22. The van der Waals surface area contributed by atoms with Crippen molar-refractivity contribution in [2.24, 2.45) is 0 Å². The number of hydrogen-bond acceptors (Lipinski definition) is 2. The topological polar surface area (TPSA) is 41.1 Å². The normalized spacial score (nSPS) is 12.1. The van der Waals surface area contributed by atoms with E-state index in [0.717, 1.165) is 10.9 Å². The van der Waals surface area contributed by atoms with Crippen molar-refractivity contribution in [1.29, 1.82) is 0 Å². The van der Waals surface area contributed by atoms with Crippen LogP contribution in [0.1, 0.15) is 20.3 Å². The van der Waals surface area contributed by atoms with E-state index in [9.17, 15) is 4.79 Å². The minimum absolute atomic E-state index is 0.0839. The summed E-state index contributed by atoms with van der Waals surface area (Å²) in [6.45, 7) is 4.11. The SMILES string of the molecule is CCC(C)NC(=O)CNc1c(Cl)cc(Br)cc1Cl. The first-order chi connectivity index (χ1) is 8.43. The van der Waals surface area contributed by atoms with Gasteiger partial charge in [0.05, 0.1) is 22.3 Å². The highest BCUT2D eigenvalue weighted by Gasteiger charge is 2.10. The minimum Gasteiger partial charge on any atom is -0.374 e. The summed E-state index contributed by atoms with van der Waals surface area (Å²) in [6.07, 6.45) is 0.894. The molecule has 1 aromatic rings. The van der Waals surface area contributed by atoms with Gasteiger partial charge in [0.2, 0.25) is 5.91 Å². The standard InChI is InChI=1S/C12H15BrCl2N2O/c1-3-7(2)17-11(18)6-16-12-9(14)4-8(13)5-10(12)15/h4-5,7,16H,3,6H2,1-2H3,(H,17,18). The summed E-state index contributed by atoms with van der Waals surface area (Å²) in [6, 6.07) is 3.61. The van der Waals surface area contributed by atoms with Gasteiger partial charge < -0.3 is 10.6 Å². The van der Waals surface area contributed by atoms with Gasteiger partial charge in [-0.15, -0.1) is 0 Å². The third kappa shape index (κ3) is 4.67. The van der Waals surface area contributed by atoms with Crippen molar-refractivity contribution in [3.63, 3.8) is 0 Å². The number of anilines is 1. The second-order valence-electron chi connectivity index (χ2n) is 3.97. The molecular weight excluding hydrogens is 339 g/mol. The molecule has 0 fully saturated rings. The highest BCUT2D eigenvalue weighted by Crippen LogP contribution is 2.33. The van der Waals surface area contributed by atoms with Gasteiger partial charge in [0.1, 0.15) is 0 Å². The van der Waals surface area contributed by atoms with Gasteiger partial charge in [-0.3, -0.25) is 4.79 Å². The summed E-state index contributed by atoms with van der Waals surface area (Å²) in [7, 11) is 0. The number of hydrogen-bond donors (Lipinski definition) is 2. The molecule has 0 saturated carbocycles. The lowest BCUT2D eigenvalue weighted by Crippen LogP contribution is -2.36. The van der Waals surface area contributed by atoms with Crippen LogP contribution < -0.4 is 10.6 Å². The quantitative estimate of drug-likeness (QED) is 0.837. The molecule has 0 bridgehead atoms. The zero-order chi connectivity index (χ0) is 13.7. The van der Waals surface area contributed by atoms with Crippen LogP contribution in [-0.4, -0.2) is 18.5 Å². The maximum Gasteiger partial charge on any atom is 0.239 e. The lowest BCUT2D eigenvalue weighted by molar-refractivity contribution is -0.120. The van der Waals surface area contributed by atoms with Crippen molar-refractivity contribution in [2.45, 2.75) is 26.3 Å². The Morgan fingerprint density at radius 2 is 1.94 bits per heavy atom. The van der Waals surface area contributed by atoms with Gasteiger partial charge >= 0.3 is 0 Å². The molecule has 0 saturated heterocycles. The highest BCUT2D eigenvalue weighted by molar-refractivity contribution is 9.10. The summed E-state index contributed by atoms with van der Waals surface area (Å²) < 4.78 is 0.798. The van der Waals surface area contributed by atoms with Crippen LogP contribution >= 0.6 is 39.1 Å². The summed E-state index contributed by atoms with van der Waals surface area (Å²) in [4.78, 5) is 11.6. The van der Waals surface area contributed by atoms with Gasteiger partial charge in [-0.05, 0) is 25.5 Å². The molecular formula is C12H15BrCl2N2O. The maximum atomic E-state index is 11.6. The molecule has 0 aliphatic heterocycles. The molecule has 1 unspecified atom stereocenters. The predicted octanol–water partition coefficient (Wildman–Crippen LogP) is 4.08. The molecule has 0 aromatic heterocycles. The Balaban J connectivity index is 2.61. The highest BCUT2D eigenvalue weighted by atomic mass is 79.9. The van der Waals surface area contributed by atoms with Crippen LogP contribution in [0.3, 0.4) is 0 Å². The Morgan fingerprint density at radius 1 is 1.39 bits per heavy atom. The van der Waals surface area contributed by atoms with Gasteiger partial charge in [-0.25, -0.2) is 0 Å². The van der Waals surface area contributed by atoms with Gasteiger partial charge in [0.25, 0.3) is 0 Å². The van der Waals surface area contributed by atoms with E-state index in [-0.39, 0.29) is 18.5 Å². The summed E-state index contributed by atoms with van der Waals surface area (Å²) in [5.41, 5.74) is 0.570. The van der Waals surface area contributed by atoms with Crippen LogP contribution in [0.5, 0.6) is 0 Å². The molecule has 100 valence electrons. The smallest absolute Gasteiger partial charge is 0.239 e. The van der Waals surface area contributed by atoms with E-state index < -0.39 is 0 Å². The predicted molar refractivity (Wildman–Crippen MR) is 80.5 cm³/mol. The lowest BCUT2D eigenvalue weighted by Gasteiger charge is -2.14. The van der Waals surface area contributed by atoms with Crippen LogP contribution in [0.25, 0.3) is 0 Å². The fraction of sp³-hybridized carbons (Fsp3) is 0.417. The van der Waals surface area contributed by atoms with Crippen LogP contribution in [0.15, 0.2) is 16.6 Å². The van der Waals surface area contributed by atoms with Gasteiger partial charge in [-0.2, -0.15) is 0 Å². The number of carbonyl (C=O) groups excluding carboxylic acids is 1. The van der Waals surface area contributed by atoms with Gasteiger partial charge in [0.15, 0.2) is 0 Å². The molecule has 1 aromatic carbocycles. The molecule has 1 rings (SSSR count). The summed E-state index contributed by atoms with van der Waals surface area (Å²) in [5.74, 6) is -0.0839. The Bertz CT molecular complexity index is 417. The maximum absolute atomic E-state index is 11.6. The average Bonchev–Trinajstić information content (AvgIpc) is 2.27. The number of carbonyl (C=O) groups is 1. The van der Waals surface area contributed by atoms with Gasteiger partial charge in [0, 0.05) is 10.5 Å². The zero-order valence-electron chi connectivity index (χ0n) is 10.2. The molecule has 6 heteroatoms. The molecule has 3 nitrogen and oxygen atoms in total. The Kier molecular flexibility index (Phi) is 6.26. The Hall–Kier alpha value is -0.450. The number of rotatable bonds is 5. The summed E-state index contributed by atoms with van der Waals surface area (Å²) in [5, 5.41) is 6.75. The first-order valence-corrected chi connectivity index (χ1v) is 7.16. The number of amides is 1. The van der Waals surface area contributed by atoms with Crippen LogP contribution in [0.2, 0.25) is 10.0 Å². The Labute approximate surface area is 125 Å². The number of nitrogens with one attached hydrogen (secondary N) is 2. The molecule has 1 amide bonds. The van der Waals surface area contributed by atoms with E-state index in [0.29, 0.717) is 15.7 Å². The molecule has 1 atom stereocenters. The largest absolute Gasteiger partial charge is 0.374 e. The van der Waals surface area contributed by atoms with E-state index in [1.54, 1.807) is 12.1 Å².